The Morgan fingerprint density at radius 3 is 1.04 bits per heavy atom. The molecule has 3 N–H and O–H groups in total. The van der Waals surface area contributed by atoms with Gasteiger partial charge in [0.25, 0.3) is 0 Å². The van der Waals surface area contributed by atoms with Crippen LogP contribution < -0.4 is 5.32 Å². The number of ether oxygens (including phenoxy) is 1. The third-order valence-electron chi connectivity index (χ3n) is 14.5. The van der Waals surface area contributed by atoms with E-state index in [2.05, 4.69) is 50.4 Å². The van der Waals surface area contributed by atoms with Crippen LogP contribution in [0.4, 0.5) is 0 Å². The molecule has 0 saturated heterocycles. The lowest BCUT2D eigenvalue weighted by atomic mass is 10.0. The van der Waals surface area contributed by atoms with Gasteiger partial charge >= 0.3 is 5.97 Å². The molecule has 3 unspecified atom stereocenters. The second-order valence-electron chi connectivity index (χ2n) is 21.5. The second-order valence-corrected chi connectivity index (χ2v) is 21.5. The molecule has 0 aromatic rings. The van der Waals surface area contributed by atoms with E-state index in [1.807, 2.05) is 0 Å². The van der Waals surface area contributed by atoms with Crippen molar-refractivity contribution in [3.63, 3.8) is 0 Å². The van der Waals surface area contributed by atoms with Crippen molar-refractivity contribution in [3.05, 3.63) is 24.3 Å². The number of unbranched alkanes of at least 4 members (excludes halogenated alkanes) is 41. The van der Waals surface area contributed by atoms with E-state index in [0.29, 0.717) is 19.3 Å². The summed E-state index contributed by atoms with van der Waals surface area (Å²) in [5.74, 6) is -0.478. The molecular weight excluding hydrogens is 851 g/mol. The van der Waals surface area contributed by atoms with Crippen LogP contribution in [0.25, 0.3) is 0 Å². The summed E-state index contributed by atoms with van der Waals surface area (Å²) in [6.07, 6.45) is 68.2. The minimum Gasteiger partial charge on any atom is -0.462 e. The van der Waals surface area contributed by atoms with Crippen molar-refractivity contribution in [2.45, 2.75) is 360 Å². The fourth-order valence-corrected chi connectivity index (χ4v) is 9.78. The summed E-state index contributed by atoms with van der Waals surface area (Å²) in [6, 6.07) is -0.706. The van der Waals surface area contributed by atoms with Gasteiger partial charge in [-0.15, -0.1) is 0 Å². The molecule has 0 aliphatic heterocycles. The lowest BCUT2D eigenvalue weighted by Gasteiger charge is -2.24. The Morgan fingerprint density at radius 2 is 0.696 bits per heavy atom. The number of aliphatic hydroxyl groups is 2. The SMILES string of the molecule is CCCCCCCCCCC/C=C/CCCCCCCC(=O)OC(CCCCC/C=C/CCCCCCCCCCC)CC(=O)NC(CO)C(O)CCCCCCCCCCCCCCCCCC. The van der Waals surface area contributed by atoms with E-state index in [1.54, 1.807) is 0 Å². The quantitative estimate of drug-likeness (QED) is 0.0321. The van der Waals surface area contributed by atoms with Crippen LogP contribution in [0.1, 0.15) is 342 Å². The van der Waals surface area contributed by atoms with Crippen LogP contribution in [-0.2, 0) is 14.3 Å². The maximum Gasteiger partial charge on any atom is 0.306 e. The van der Waals surface area contributed by atoms with Crippen molar-refractivity contribution < 1.29 is 24.5 Å². The van der Waals surface area contributed by atoms with E-state index in [9.17, 15) is 19.8 Å². The number of rotatable bonds is 57. The average molecular weight is 973 g/mol. The number of aliphatic hydroxyl groups excluding tert-OH is 2. The zero-order valence-corrected chi connectivity index (χ0v) is 46.7. The summed E-state index contributed by atoms with van der Waals surface area (Å²) in [7, 11) is 0. The molecule has 0 fully saturated rings. The number of allylic oxidation sites excluding steroid dienone is 4. The molecule has 3 atom stereocenters. The normalized spacial score (nSPS) is 13.2. The van der Waals surface area contributed by atoms with E-state index in [-0.39, 0.29) is 24.9 Å². The van der Waals surface area contributed by atoms with Gasteiger partial charge in [0, 0.05) is 6.42 Å². The number of carbonyl (C=O) groups excluding carboxylic acids is 2. The fourth-order valence-electron chi connectivity index (χ4n) is 9.78. The topological polar surface area (TPSA) is 95.9 Å². The summed E-state index contributed by atoms with van der Waals surface area (Å²) in [5, 5.41) is 23.9. The Morgan fingerprint density at radius 1 is 0.406 bits per heavy atom. The van der Waals surface area contributed by atoms with E-state index in [1.165, 1.54) is 231 Å². The highest BCUT2D eigenvalue weighted by molar-refractivity contribution is 5.77. The number of esters is 1. The van der Waals surface area contributed by atoms with Gasteiger partial charge in [0.15, 0.2) is 0 Å². The molecule has 0 radical (unpaired) electrons. The summed E-state index contributed by atoms with van der Waals surface area (Å²) >= 11 is 0. The van der Waals surface area contributed by atoms with Crippen LogP contribution >= 0.6 is 0 Å². The zero-order chi connectivity index (χ0) is 50.2. The Balaban J connectivity index is 4.53. The van der Waals surface area contributed by atoms with Gasteiger partial charge < -0.3 is 20.3 Å². The smallest absolute Gasteiger partial charge is 0.306 e. The molecule has 0 heterocycles. The first-order chi connectivity index (χ1) is 34.0. The van der Waals surface area contributed by atoms with Crippen LogP contribution in [0.15, 0.2) is 24.3 Å². The van der Waals surface area contributed by atoms with Gasteiger partial charge in [-0.2, -0.15) is 0 Å². The highest BCUT2D eigenvalue weighted by atomic mass is 16.5. The van der Waals surface area contributed by atoms with Gasteiger partial charge in [0.05, 0.1) is 25.2 Å². The Kier molecular flexibility index (Phi) is 55.9. The number of hydrogen-bond donors (Lipinski definition) is 3. The van der Waals surface area contributed by atoms with Gasteiger partial charge in [-0.1, -0.05) is 276 Å². The molecule has 0 aromatic heterocycles. The third kappa shape index (κ3) is 52.5. The predicted octanol–water partition coefficient (Wildman–Crippen LogP) is 19.4. The molecule has 0 rings (SSSR count). The van der Waals surface area contributed by atoms with E-state index in [4.69, 9.17) is 4.74 Å². The lowest BCUT2D eigenvalue weighted by Crippen LogP contribution is -2.46. The molecule has 0 bridgehead atoms. The highest BCUT2D eigenvalue weighted by Gasteiger charge is 2.24. The molecule has 0 saturated carbocycles. The lowest BCUT2D eigenvalue weighted by molar-refractivity contribution is -0.151. The Bertz CT molecular complexity index is 1090. The van der Waals surface area contributed by atoms with E-state index >= 15 is 0 Å². The van der Waals surface area contributed by atoms with Crippen molar-refractivity contribution in [1.82, 2.24) is 5.32 Å². The number of hydrogen-bond acceptors (Lipinski definition) is 5. The average Bonchev–Trinajstić information content (AvgIpc) is 3.34. The monoisotopic (exact) mass is 972 g/mol. The highest BCUT2D eigenvalue weighted by Crippen LogP contribution is 2.19. The molecule has 6 nitrogen and oxygen atoms in total. The summed E-state index contributed by atoms with van der Waals surface area (Å²) in [6.45, 7) is 6.53. The third-order valence-corrected chi connectivity index (χ3v) is 14.5. The molecule has 408 valence electrons. The van der Waals surface area contributed by atoms with Gasteiger partial charge in [0.2, 0.25) is 5.91 Å². The zero-order valence-electron chi connectivity index (χ0n) is 46.7. The van der Waals surface area contributed by atoms with Gasteiger partial charge in [-0.25, -0.2) is 0 Å². The first-order valence-electron chi connectivity index (χ1n) is 31.1. The van der Waals surface area contributed by atoms with Gasteiger partial charge in [-0.05, 0) is 77.0 Å². The molecule has 0 aliphatic rings. The summed E-state index contributed by atoms with van der Waals surface area (Å²) < 4.78 is 5.97. The molecule has 6 heteroatoms. The molecule has 0 spiro atoms. The van der Waals surface area contributed by atoms with E-state index < -0.39 is 18.2 Å². The van der Waals surface area contributed by atoms with Crippen LogP contribution in [0.5, 0.6) is 0 Å². The Hall–Kier alpha value is -1.66. The fraction of sp³-hybridized carbons (Fsp3) is 0.905. The summed E-state index contributed by atoms with van der Waals surface area (Å²) in [5.41, 5.74) is 0. The van der Waals surface area contributed by atoms with Crippen molar-refractivity contribution in [2.24, 2.45) is 0 Å². The second kappa shape index (κ2) is 57.2. The standard InChI is InChI=1S/C63H121NO5/c1-4-7-10-13-16-19-22-25-28-31-32-35-38-41-44-47-50-53-56-63(68)69-59(54-51-48-45-42-39-36-33-29-26-23-20-17-14-11-8-5-2)57-62(67)64-60(58-65)61(66)55-52-49-46-43-40-37-34-30-27-24-21-18-15-12-9-6-3/h32,35-36,39,59-61,65-66H,4-31,33-34,37-38,40-58H2,1-3H3,(H,64,67)/b35-32+,39-36+. The van der Waals surface area contributed by atoms with Gasteiger partial charge in [0.1, 0.15) is 6.10 Å². The maximum absolute atomic E-state index is 13.3. The molecule has 69 heavy (non-hydrogen) atoms. The molecule has 0 aromatic carbocycles. The first kappa shape index (κ1) is 67.3. The minimum atomic E-state index is -0.791. The van der Waals surface area contributed by atoms with Crippen molar-refractivity contribution in [2.75, 3.05) is 6.61 Å². The molecule has 0 aliphatic carbocycles. The van der Waals surface area contributed by atoms with Crippen molar-refractivity contribution in [3.8, 4) is 0 Å². The predicted molar refractivity (Wildman–Crippen MR) is 301 cm³/mol. The van der Waals surface area contributed by atoms with Crippen LogP contribution in [-0.4, -0.2) is 46.9 Å². The van der Waals surface area contributed by atoms with E-state index in [0.717, 1.165) is 64.2 Å². The van der Waals surface area contributed by atoms with Crippen LogP contribution in [0, 0.1) is 0 Å². The van der Waals surface area contributed by atoms with Crippen LogP contribution in [0.2, 0.25) is 0 Å². The Labute approximate surface area is 431 Å². The van der Waals surface area contributed by atoms with Crippen LogP contribution in [0.3, 0.4) is 0 Å². The van der Waals surface area contributed by atoms with Crippen molar-refractivity contribution in [1.29, 1.82) is 0 Å². The number of amides is 1. The minimum absolute atomic E-state index is 0.0687. The largest absolute Gasteiger partial charge is 0.462 e. The summed E-state index contributed by atoms with van der Waals surface area (Å²) in [4.78, 5) is 26.3. The first-order valence-corrected chi connectivity index (χ1v) is 31.1. The van der Waals surface area contributed by atoms with Crippen molar-refractivity contribution >= 4 is 11.9 Å². The number of carbonyl (C=O) groups is 2. The molecular formula is C63H121NO5. The number of nitrogens with one attached hydrogen (secondary N) is 1. The maximum atomic E-state index is 13.3. The van der Waals surface area contributed by atoms with Gasteiger partial charge in [-0.3, -0.25) is 9.59 Å². The molecule has 1 amide bonds.